The average molecular weight is 293 g/mol. The average Bonchev–Trinajstić information content (AvgIpc) is 2.49. The Balaban J connectivity index is 1.85. The van der Waals surface area contributed by atoms with Gasteiger partial charge in [0, 0.05) is 31.9 Å². The molecule has 1 aliphatic rings. The van der Waals surface area contributed by atoms with Crippen molar-refractivity contribution in [3.8, 4) is 5.75 Å². The number of benzene rings is 1. The van der Waals surface area contributed by atoms with E-state index in [0.717, 1.165) is 49.3 Å². The molecular weight excluding hydrogens is 270 g/mol. The highest BCUT2D eigenvalue weighted by Gasteiger charge is 2.17. The zero-order chi connectivity index (χ0) is 14.4. The van der Waals surface area contributed by atoms with E-state index in [9.17, 15) is 0 Å². The Labute approximate surface area is 126 Å². The second-order valence-electron chi connectivity index (χ2n) is 4.81. The number of hydrogen-bond donors (Lipinski definition) is 1. The van der Waals surface area contributed by atoms with Crippen molar-refractivity contribution in [3.05, 3.63) is 24.3 Å². The van der Waals surface area contributed by atoms with Gasteiger partial charge >= 0.3 is 0 Å². The Kier molecular flexibility index (Phi) is 5.61. The molecule has 0 aromatic heterocycles. The Bertz CT molecular complexity index is 427. The molecule has 1 heterocycles. The third-order valence-electron chi connectivity index (χ3n) is 3.52. The van der Waals surface area contributed by atoms with Crippen LogP contribution in [-0.4, -0.2) is 54.2 Å². The van der Waals surface area contributed by atoms with Crippen molar-refractivity contribution in [1.29, 1.82) is 0 Å². The van der Waals surface area contributed by atoms with Crippen LogP contribution in [0.15, 0.2) is 24.3 Å². The molecule has 1 N–H and O–H groups in total. The number of hydrogen-bond acceptors (Lipinski definition) is 3. The molecule has 0 spiro atoms. The van der Waals surface area contributed by atoms with Crippen molar-refractivity contribution < 1.29 is 4.74 Å². The molecule has 110 valence electrons. The Morgan fingerprint density at radius 3 is 2.35 bits per heavy atom. The van der Waals surface area contributed by atoms with E-state index in [4.69, 9.17) is 17.0 Å². The molecule has 20 heavy (non-hydrogen) atoms. The zero-order valence-electron chi connectivity index (χ0n) is 12.3. The van der Waals surface area contributed by atoms with Crippen molar-refractivity contribution in [1.82, 2.24) is 9.80 Å². The van der Waals surface area contributed by atoms with Crippen LogP contribution in [0.1, 0.15) is 13.8 Å². The van der Waals surface area contributed by atoms with Crippen molar-refractivity contribution >= 4 is 23.0 Å². The smallest absolute Gasteiger partial charge is 0.173 e. The molecule has 5 heteroatoms. The molecule has 0 atom stereocenters. The minimum Gasteiger partial charge on any atom is -0.494 e. The summed E-state index contributed by atoms with van der Waals surface area (Å²) < 4.78 is 5.43. The Morgan fingerprint density at radius 1 is 1.15 bits per heavy atom. The maximum atomic E-state index is 5.48. The van der Waals surface area contributed by atoms with Gasteiger partial charge in [-0.2, -0.15) is 0 Å². The van der Waals surface area contributed by atoms with E-state index in [1.807, 2.05) is 31.2 Å². The summed E-state index contributed by atoms with van der Waals surface area (Å²) in [5, 5.41) is 4.11. The van der Waals surface area contributed by atoms with Crippen LogP contribution in [0.4, 0.5) is 5.69 Å². The van der Waals surface area contributed by atoms with Crippen molar-refractivity contribution in [2.24, 2.45) is 0 Å². The highest BCUT2D eigenvalue weighted by atomic mass is 32.1. The lowest BCUT2D eigenvalue weighted by molar-refractivity contribution is 0.191. The topological polar surface area (TPSA) is 27.7 Å². The number of piperazine rings is 1. The number of rotatable bonds is 4. The van der Waals surface area contributed by atoms with Crippen LogP contribution in [0.2, 0.25) is 0 Å². The monoisotopic (exact) mass is 293 g/mol. The minimum absolute atomic E-state index is 0.687. The normalized spacial score (nSPS) is 16.0. The molecule has 1 aromatic rings. The third kappa shape index (κ3) is 4.08. The van der Waals surface area contributed by atoms with E-state index in [-0.39, 0.29) is 0 Å². The predicted molar refractivity (Wildman–Crippen MR) is 87.5 cm³/mol. The number of nitrogens with zero attached hydrogens (tertiary/aromatic N) is 2. The first-order valence-corrected chi connectivity index (χ1v) is 7.65. The van der Waals surface area contributed by atoms with Crippen LogP contribution in [-0.2, 0) is 0 Å². The van der Waals surface area contributed by atoms with Crippen LogP contribution >= 0.6 is 12.2 Å². The van der Waals surface area contributed by atoms with E-state index >= 15 is 0 Å². The summed E-state index contributed by atoms with van der Waals surface area (Å²) in [6, 6.07) is 7.92. The first-order chi connectivity index (χ1) is 9.72. The highest BCUT2D eigenvalue weighted by Crippen LogP contribution is 2.16. The Morgan fingerprint density at radius 2 is 1.80 bits per heavy atom. The fourth-order valence-electron chi connectivity index (χ4n) is 2.27. The summed E-state index contributed by atoms with van der Waals surface area (Å²) in [7, 11) is 0. The van der Waals surface area contributed by atoms with Gasteiger partial charge in [0.25, 0.3) is 0 Å². The van der Waals surface area contributed by atoms with Crippen LogP contribution in [0.3, 0.4) is 0 Å². The van der Waals surface area contributed by atoms with Gasteiger partial charge < -0.3 is 19.9 Å². The van der Waals surface area contributed by atoms with Gasteiger partial charge in [0.1, 0.15) is 5.75 Å². The van der Waals surface area contributed by atoms with E-state index in [2.05, 4.69) is 22.0 Å². The second kappa shape index (κ2) is 7.45. The van der Waals surface area contributed by atoms with Crippen molar-refractivity contribution in [3.63, 3.8) is 0 Å². The van der Waals surface area contributed by atoms with Crippen LogP contribution in [0.5, 0.6) is 5.75 Å². The first kappa shape index (κ1) is 15.1. The number of nitrogens with one attached hydrogen (secondary N) is 1. The summed E-state index contributed by atoms with van der Waals surface area (Å²) in [5.41, 5.74) is 1.01. The van der Waals surface area contributed by atoms with Crippen molar-refractivity contribution in [2.75, 3.05) is 44.6 Å². The van der Waals surface area contributed by atoms with Gasteiger partial charge in [-0.25, -0.2) is 0 Å². The Hall–Kier alpha value is -1.33. The van der Waals surface area contributed by atoms with E-state index < -0.39 is 0 Å². The number of thiocarbonyl (C=S) groups is 1. The van der Waals surface area contributed by atoms with Crippen LogP contribution in [0, 0.1) is 0 Å². The number of ether oxygens (including phenoxy) is 1. The van der Waals surface area contributed by atoms with Crippen molar-refractivity contribution in [2.45, 2.75) is 13.8 Å². The fraction of sp³-hybridized carbons (Fsp3) is 0.533. The molecule has 1 aromatic carbocycles. The SMILES string of the molecule is CCOc1ccc(NC(=S)N2CCN(CC)CC2)cc1. The minimum atomic E-state index is 0.687. The summed E-state index contributed by atoms with van der Waals surface area (Å²) in [5.74, 6) is 0.889. The molecular formula is C15H23N3OS. The maximum Gasteiger partial charge on any atom is 0.173 e. The van der Waals surface area contributed by atoms with E-state index in [1.165, 1.54) is 0 Å². The third-order valence-corrected chi connectivity index (χ3v) is 3.88. The summed E-state index contributed by atoms with van der Waals surface area (Å²) in [6.45, 7) is 10.2. The molecule has 0 unspecified atom stereocenters. The lowest BCUT2D eigenvalue weighted by Gasteiger charge is -2.35. The molecule has 1 fully saturated rings. The lowest BCUT2D eigenvalue weighted by Crippen LogP contribution is -2.49. The second-order valence-corrected chi connectivity index (χ2v) is 5.20. The first-order valence-electron chi connectivity index (χ1n) is 7.24. The summed E-state index contributed by atoms with van der Waals surface area (Å²) in [4.78, 5) is 4.67. The standard InChI is InChI=1S/C15H23N3OS/c1-3-17-9-11-18(12-10-17)15(20)16-13-5-7-14(8-6-13)19-4-2/h5-8H,3-4,9-12H2,1-2H3,(H,16,20). The zero-order valence-corrected chi connectivity index (χ0v) is 13.1. The van der Waals surface area contributed by atoms with E-state index in [1.54, 1.807) is 0 Å². The van der Waals surface area contributed by atoms with Gasteiger partial charge in [-0.3, -0.25) is 0 Å². The summed E-state index contributed by atoms with van der Waals surface area (Å²) >= 11 is 5.48. The van der Waals surface area contributed by atoms with Gasteiger partial charge in [-0.1, -0.05) is 6.92 Å². The quantitative estimate of drug-likeness (QED) is 0.861. The van der Waals surface area contributed by atoms with Gasteiger partial charge in [-0.05, 0) is 50.0 Å². The number of likely N-dealkylation sites (N-methyl/N-ethyl adjacent to an activating group) is 1. The van der Waals surface area contributed by atoms with Crippen LogP contribution < -0.4 is 10.1 Å². The molecule has 2 rings (SSSR count). The van der Waals surface area contributed by atoms with Gasteiger partial charge in [0.05, 0.1) is 6.61 Å². The molecule has 0 saturated carbocycles. The van der Waals surface area contributed by atoms with Crippen LogP contribution in [0.25, 0.3) is 0 Å². The summed E-state index contributed by atoms with van der Waals surface area (Å²) in [6.07, 6.45) is 0. The molecule has 0 aliphatic carbocycles. The molecule has 1 saturated heterocycles. The molecule has 0 amide bonds. The van der Waals surface area contributed by atoms with Gasteiger partial charge in [0.2, 0.25) is 0 Å². The lowest BCUT2D eigenvalue weighted by atomic mass is 10.3. The largest absolute Gasteiger partial charge is 0.494 e. The fourth-order valence-corrected chi connectivity index (χ4v) is 2.57. The number of anilines is 1. The molecule has 4 nitrogen and oxygen atoms in total. The maximum absolute atomic E-state index is 5.48. The van der Waals surface area contributed by atoms with Gasteiger partial charge in [0.15, 0.2) is 5.11 Å². The van der Waals surface area contributed by atoms with Gasteiger partial charge in [-0.15, -0.1) is 0 Å². The predicted octanol–water partition coefficient (Wildman–Crippen LogP) is 2.42. The molecule has 1 aliphatic heterocycles. The molecule has 0 bridgehead atoms. The molecule has 0 radical (unpaired) electrons. The highest BCUT2D eigenvalue weighted by molar-refractivity contribution is 7.80. The van der Waals surface area contributed by atoms with E-state index in [0.29, 0.717) is 6.61 Å².